The van der Waals surface area contributed by atoms with Gasteiger partial charge in [0.15, 0.2) is 0 Å². The molecule has 1 amide bonds. The van der Waals surface area contributed by atoms with E-state index in [1.165, 1.54) is 4.90 Å². The molecule has 3 aromatic rings. The molecule has 0 bridgehead atoms. The minimum atomic E-state index is -0.816. The van der Waals surface area contributed by atoms with E-state index < -0.39 is 17.7 Å². The molecule has 2 aliphatic rings. The topological polar surface area (TPSA) is 83.0 Å². The Kier molecular flexibility index (Phi) is 5.79. The molecule has 1 atom stereocenters. The van der Waals surface area contributed by atoms with Crippen LogP contribution in [0.4, 0.5) is 11.4 Å². The lowest BCUT2D eigenvalue weighted by molar-refractivity contribution is -0.132. The van der Waals surface area contributed by atoms with Crippen LogP contribution in [0.5, 0.6) is 5.75 Å². The van der Waals surface area contributed by atoms with Gasteiger partial charge in [-0.15, -0.1) is 0 Å². The van der Waals surface area contributed by atoms with Crippen molar-refractivity contribution in [2.45, 2.75) is 32.2 Å². The Morgan fingerprint density at radius 1 is 1.08 bits per heavy atom. The second-order valence-corrected chi connectivity index (χ2v) is 10.2. The number of ketones is 1. The zero-order chi connectivity index (χ0) is 25.6. The number of likely N-dealkylation sites (N-methyl/N-ethyl adjacent to an activating group) is 1. The van der Waals surface area contributed by atoms with E-state index in [4.69, 9.17) is 4.74 Å². The first-order chi connectivity index (χ1) is 17.2. The number of carbonyl (C=O) groups excluding carboxylic acids is 2. The summed E-state index contributed by atoms with van der Waals surface area (Å²) in [5.41, 5.74) is 3.57. The zero-order valence-electron chi connectivity index (χ0n) is 20.9. The molecule has 184 valence electrons. The fraction of sp³-hybridized carbons (Fsp3) is 0.276. The van der Waals surface area contributed by atoms with Gasteiger partial charge in [0.25, 0.3) is 11.7 Å². The molecule has 1 N–H and O–H groups in total. The predicted octanol–water partition coefficient (Wildman–Crippen LogP) is 4.83. The van der Waals surface area contributed by atoms with E-state index in [1.807, 2.05) is 42.3 Å². The lowest BCUT2D eigenvalue weighted by atomic mass is 9.87. The molecule has 1 unspecified atom stereocenters. The molecule has 0 saturated carbocycles. The lowest BCUT2D eigenvalue weighted by Crippen LogP contribution is -2.29. The molecule has 7 heteroatoms. The molecule has 3 heterocycles. The van der Waals surface area contributed by atoms with Gasteiger partial charge in [-0.2, -0.15) is 0 Å². The molecule has 5 rings (SSSR count). The number of anilines is 2. The van der Waals surface area contributed by atoms with Crippen LogP contribution in [0.3, 0.4) is 0 Å². The maximum absolute atomic E-state index is 13.4. The van der Waals surface area contributed by atoms with Gasteiger partial charge in [-0.1, -0.05) is 39.0 Å². The summed E-state index contributed by atoms with van der Waals surface area (Å²) in [4.78, 5) is 34.5. The molecule has 0 radical (unpaired) electrons. The molecule has 0 spiro atoms. The number of aromatic nitrogens is 1. The fourth-order valence-corrected chi connectivity index (χ4v) is 4.73. The van der Waals surface area contributed by atoms with Crippen LogP contribution in [0, 0.1) is 0 Å². The summed E-state index contributed by atoms with van der Waals surface area (Å²) in [6.45, 7) is 7.64. The number of nitrogens with zero attached hydrogens (tertiary/aromatic N) is 3. The molecule has 1 aromatic heterocycles. The lowest BCUT2D eigenvalue weighted by Gasteiger charge is -2.28. The molecule has 7 nitrogen and oxygen atoms in total. The number of benzene rings is 2. The van der Waals surface area contributed by atoms with Crippen molar-refractivity contribution in [3.63, 3.8) is 0 Å². The SMILES string of the molecule is CN1CCOc2ccc(/C(O)=C3/C(=O)C(=O)N(c4ccc(C(C)(C)C)cc4)C3c3cccnc3)cc21. The number of hydrogen-bond acceptors (Lipinski definition) is 6. The van der Waals surface area contributed by atoms with Gasteiger partial charge in [0.2, 0.25) is 0 Å². The molecular weight excluding hydrogens is 454 g/mol. The Morgan fingerprint density at radius 3 is 2.50 bits per heavy atom. The van der Waals surface area contributed by atoms with Crippen LogP contribution in [0.1, 0.15) is 43.5 Å². The highest BCUT2D eigenvalue weighted by Gasteiger charge is 2.47. The van der Waals surface area contributed by atoms with Crippen molar-refractivity contribution < 1.29 is 19.4 Å². The molecular formula is C29H29N3O4. The molecule has 0 aliphatic carbocycles. The van der Waals surface area contributed by atoms with E-state index in [2.05, 4.69) is 25.8 Å². The third kappa shape index (κ3) is 4.00. The third-order valence-electron chi connectivity index (χ3n) is 6.78. The van der Waals surface area contributed by atoms with E-state index in [-0.39, 0.29) is 16.7 Å². The second-order valence-electron chi connectivity index (χ2n) is 10.2. The third-order valence-corrected chi connectivity index (χ3v) is 6.78. The van der Waals surface area contributed by atoms with Crippen LogP contribution in [-0.4, -0.2) is 42.0 Å². The number of fused-ring (bicyclic) bond motifs is 1. The number of pyridine rings is 1. The number of Topliss-reactive ketones (excluding diaryl/α,β-unsaturated/α-hetero) is 1. The van der Waals surface area contributed by atoms with Crippen molar-refractivity contribution in [1.29, 1.82) is 0 Å². The minimum Gasteiger partial charge on any atom is -0.507 e. The van der Waals surface area contributed by atoms with E-state index in [1.54, 1.807) is 36.7 Å². The van der Waals surface area contributed by atoms with Gasteiger partial charge in [-0.3, -0.25) is 19.5 Å². The Hall–Kier alpha value is -4.13. The molecule has 36 heavy (non-hydrogen) atoms. The van der Waals surface area contributed by atoms with Crippen molar-refractivity contribution >= 4 is 28.8 Å². The first-order valence-corrected chi connectivity index (χ1v) is 12.0. The average molecular weight is 484 g/mol. The maximum Gasteiger partial charge on any atom is 0.300 e. The predicted molar refractivity (Wildman–Crippen MR) is 139 cm³/mol. The van der Waals surface area contributed by atoms with Crippen molar-refractivity contribution in [3.8, 4) is 5.75 Å². The Balaban J connectivity index is 1.65. The van der Waals surface area contributed by atoms with Gasteiger partial charge in [0.05, 0.1) is 23.8 Å². The van der Waals surface area contributed by atoms with Crippen LogP contribution in [0.25, 0.3) is 5.76 Å². The quantitative estimate of drug-likeness (QED) is 0.326. The Bertz CT molecular complexity index is 1360. The van der Waals surface area contributed by atoms with Crippen molar-refractivity contribution in [2.75, 3.05) is 30.0 Å². The van der Waals surface area contributed by atoms with Crippen molar-refractivity contribution in [1.82, 2.24) is 4.98 Å². The van der Waals surface area contributed by atoms with Crippen LogP contribution >= 0.6 is 0 Å². The minimum absolute atomic E-state index is 0.0345. The second kappa shape index (κ2) is 8.82. The van der Waals surface area contributed by atoms with Crippen LogP contribution < -0.4 is 14.5 Å². The van der Waals surface area contributed by atoms with Crippen LogP contribution in [0.15, 0.2) is 72.6 Å². The van der Waals surface area contributed by atoms with E-state index in [9.17, 15) is 14.7 Å². The number of aliphatic hydroxyl groups excluding tert-OH is 1. The summed E-state index contributed by atoms with van der Waals surface area (Å²) in [5, 5.41) is 11.4. The van der Waals surface area contributed by atoms with Gasteiger partial charge in [-0.25, -0.2) is 0 Å². The van der Waals surface area contributed by atoms with Crippen LogP contribution in [0.2, 0.25) is 0 Å². The molecule has 1 fully saturated rings. The van der Waals surface area contributed by atoms with Gasteiger partial charge < -0.3 is 14.7 Å². The number of rotatable bonds is 3. The summed E-state index contributed by atoms with van der Waals surface area (Å²) < 4.78 is 5.71. The number of amides is 1. The first-order valence-electron chi connectivity index (χ1n) is 12.0. The normalized spacial score (nSPS) is 19.3. The highest BCUT2D eigenvalue weighted by Crippen LogP contribution is 2.43. The van der Waals surface area contributed by atoms with Gasteiger partial charge in [-0.05, 0) is 52.9 Å². The summed E-state index contributed by atoms with van der Waals surface area (Å²) in [6.07, 6.45) is 3.25. The Labute approximate surface area is 210 Å². The standard InChI is InChI=1S/C29H29N3O4/c1-29(2,3)20-8-10-21(11-9-20)32-25(19-6-5-13-30-17-19)24(27(34)28(32)35)26(33)18-7-12-23-22(16-18)31(4)14-15-36-23/h5-13,16-17,25,33H,14-15H2,1-4H3/b26-24-. The first kappa shape index (κ1) is 23.6. The average Bonchev–Trinajstić information content (AvgIpc) is 3.14. The molecule has 2 aliphatic heterocycles. The highest BCUT2D eigenvalue weighted by atomic mass is 16.5. The van der Waals surface area contributed by atoms with Crippen molar-refractivity contribution in [3.05, 3.63) is 89.3 Å². The van der Waals surface area contributed by atoms with Gasteiger partial charge >= 0.3 is 0 Å². The smallest absolute Gasteiger partial charge is 0.300 e. The summed E-state index contributed by atoms with van der Waals surface area (Å²) in [5.74, 6) is -0.933. The van der Waals surface area contributed by atoms with Crippen molar-refractivity contribution in [2.24, 2.45) is 0 Å². The van der Waals surface area contributed by atoms with E-state index in [0.717, 1.165) is 11.3 Å². The van der Waals surface area contributed by atoms with Gasteiger partial charge in [0.1, 0.15) is 18.1 Å². The number of carbonyl (C=O) groups is 2. The largest absolute Gasteiger partial charge is 0.507 e. The number of aliphatic hydroxyl groups is 1. The summed E-state index contributed by atoms with van der Waals surface area (Å²) in [6, 6.07) is 15.6. The van der Waals surface area contributed by atoms with E-state index in [0.29, 0.717) is 35.7 Å². The number of ether oxygens (including phenoxy) is 1. The number of hydrogen-bond donors (Lipinski definition) is 1. The Morgan fingerprint density at radius 2 is 1.83 bits per heavy atom. The van der Waals surface area contributed by atoms with Gasteiger partial charge in [0, 0.05) is 30.7 Å². The zero-order valence-corrected chi connectivity index (χ0v) is 20.9. The highest BCUT2D eigenvalue weighted by molar-refractivity contribution is 6.51. The van der Waals surface area contributed by atoms with Crippen LogP contribution in [-0.2, 0) is 15.0 Å². The fourth-order valence-electron chi connectivity index (χ4n) is 4.73. The molecule has 2 aromatic carbocycles. The molecule has 1 saturated heterocycles. The van der Waals surface area contributed by atoms with E-state index >= 15 is 0 Å². The summed E-state index contributed by atoms with van der Waals surface area (Å²) in [7, 11) is 1.95. The monoisotopic (exact) mass is 483 g/mol. The maximum atomic E-state index is 13.4. The summed E-state index contributed by atoms with van der Waals surface area (Å²) >= 11 is 0.